The van der Waals surface area contributed by atoms with Crippen molar-refractivity contribution in [1.82, 2.24) is 9.97 Å². The lowest BCUT2D eigenvalue weighted by molar-refractivity contribution is 0.454. The molecule has 24 heavy (non-hydrogen) atoms. The first-order chi connectivity index (χ1) is 11.6. The highest BCUT2D eigenvalue weighted by Crippen LogP contribution is 2.29. The number of ether oxygens (including phenoxy) is 1. The molecule has 0 unspecified atom stereocenters. The monoisotopic (exact) mass is 356 g/mol. The van der Waals surface area contributed by atoms with Gasteiger partial charge in [-0.3, -0.25) is 0 Å². The first-order valence-electron chi connectivity index (χ1n) is 7.57. The van der Waals surface area contributed by atoms with Gasteiger partial charge in [0, 0.05) is 17.5 Å². The molecule has 0 N–H and O–H groups in total. The number of rotatable bonds is 5. The van der Waals surface area contributed by atoms with E-state index in [1.165, 1.54) is 11.1 Å². The Morgan fingerprint density at radius 2 is 1.75 bits per heavy atom. The molecular formula is C19H17ClN2OS. The van der Waals surface area contributed by atoms with Crippen LogP contribution >= 0.6 is 23.4 Å². The Morgan fingerprint density at radius 3 is 2.54 bits per heavy atom. The van der Waals surface area contributed by atoms with Crippen LogP contribution in [0.25, 0.3) is 0 Å². The molecular weight excluding hydrogens is 340 g/mol. The standard InChI is InChI=1S/C19H17ClN2OS/c1-13-7-3-4-8-15(13)12-24-19-21-14(2)11-18(22-19)23-17-10-6-5-9-16(17)20/h3-11H,12H2,1-2H3. The summed E-state index contributed by atoms with van der Waals surface area (Å²) in [6.07, 6.45) is 0. The third kappa shape index (κ3) is 4.28. The second kappa shape index (κ2) is 7.69. The molecule has 0 aliphatic carbocycles. The van der Waals surface area contributed by atoms with Crippen LogP contribution in [0.15, 0.2) is 59.8 Å². The molecule has 0 saturated carbocycles. The minimum atomic E-state index is 0.503. The molecule has 0 amide bonds. The largest absolute Gasteiger partial charge is 0.437 e. The van der Waals surface area contributed by atoms with E-state index in [-0.39, 0.29) is 0 Å². The van der Waals surface area contributed by atoms with Crippen LogP contribution in [-0.2, 0) is 5.75 Å². The predicted molar refractivity (Wildman–Crippen MR) is 99.0 cm³/mol. The summed E-state index contributed by atoms with van der Waals surface area (Å²) in [6, 6.07) is 17.5. The Hall–Kier alpha value is -2.04. The van der Waals surface area contributed by atoms with Crippen molar-refractivity contribution in [3.05, 3.63) is 76.4 Å². The lowest BCUT2D eigenvalue weighted by atomic mass is 10.1. The van der Waals surface area contributed by atoms with Crippen LogP contribution < -0.4 is 4.74 Å². The van der Waals surface area contributed by atoms with Gasteiger partial charge in [0.25, 0.3) is 0 Å². The van der Waals surface area contributed by atoms with Crippen molar-refractivity contribution in [3.8, 4) is 11.6 Å². The van der Waals surface area contributed by atoms with Crippen LogP contribution in [0.3, 0.4) is 0 Å². The maximum atomic E-state index is 6.14. The van der Waals surface area contributed by atoms with Crippen LogP contribution in [-0.4, -0.2) is 9.97 Å². The number of halogens is 1. The van der Waals surface area contributed by atoms with Crippen molar-refractivity contribution in [1.29, 1.82) is 0 Å². The Labute approximate surface area is 151 Å². The zero-order valence-electron chi connectivity index (χ0n) is 13.5. The normalized spacial score (nSPS) is 10.6. The van der Waals surface area contributed by atoms with Gasteiger partial charge in [0.1, 0.15) is 5.75 Å². The first kappa shape index (κ1) is 16.8. The van der Waals surface area contributed by atoms with Crippen LogP contribution in [0, 0.1) is 13.8 Å². The summed E-state index contributed by atoms with van der Waals surface area (Å²) >= 11 is 7.73. The van der Waals surface area contributed by atoms with Crippen molar-refractivity contribution in [2.24, 2.45) is 0 Å². The van der Waals surface area contributed by atoms with Gasteiger partial charge in [-0.15, -0.1) is 0 Å². The van der Waals surface area contributed by atoms with E-state index >= 15 is 0 Å². The van der Waals surface area contributed by atoms with E-state index in [0.29, 0.717) is 21.8 Å². The summed E-state index contributed by atoms with van der Waals surface area (Å²) in [4.78, 5) is 8.97. The second-order valence-electron chi connectivity index (χ2n) is 5.38. The maximum Gasteiger partial charge on any atom is 0.223 e. The van der Waals surface area contributed by atoms with Gasteiger partial charge >= 0.3 is 0 Å². The molecule has 5 heteroatoms. The summed E-state index contributed by atoms with van der Waals surface area (Å²) in [7, 11) is 0. The summed E-state index contributed by atoms with van der Waals surface area (Å²) < 4.78 is 5.81. The zero-order valence-corrected chi connectivity index (χ0v) is 15.1. The number of thioether (sulfide) groups is 1. The average molecular weight is 357 g/mol. The maximum absolute atomic E-state index is 6.14. The third-order valence-electron chi connectivity index (χ3n) is 3.48. The van der Waals surface area contributed by atoms with Crippen LogP contribution in [0.2, 0.25) is 5.02 Å². The Bertz CT molecular complexity index is 854. The van der Waals surface area contributed by atoms with Gasteiger partial charge in [0.2, 0.25) is 5.88 Å². The van der Waals surface area contributed by atoms with Gasteiger partial charge in [0.05, 0.1) is 5.02 Å². The summed E-state index contributed by atoms with van der Waals surface area (Å²) in [5.74, 6) is 1.91. The van der Waals surface area contributed by atoms with E-state index in [0.717, 1.165) is 11.4 Å². The van der Waals surface area contributed by atoms with Gasteiger partial charge in [-0.2, -0.15) is 4.98 Å². The molecule has 0 spiro atoms. The van der Waals surface area contributed by atoms with Crippen LogP contribution in [0.4, 0.5) is 0 Å². The van der Waals surface area contributed by atoms with Gasteiger partial charge < -0.3 is 4.74 Å². The Morgan fingerprint density at radius 1 is 1.00 bits per heavy atom. The molecule has 1 aromatic heterocycles. The number of para-hydroxylation sites is 1. The van der Waals surface area contributed by atoms with Crippen molar-refractivity contribution in [2.75, 3.05) is 0 Å². The molecule has 3 aromatic rings. The molecule has 3 nitrogen and oxygen atoms in total. The Kier molecular flexibility index (Phi) is 5.38. The van der Waals surface area contributed by atoms with E-state index in [1.807, 2.05) is 37.3 Å². The minimum absolute atomic E-state index is 0.503. The van der Waals surface area contributed by atoms with E-state index in [4.69, 9.17) is 16.3 Å². The highest BCUT2D eigenvalue weighted by atomic mass is 35.5. The van der Waals surface area contributed by atoms with Crippen LogP contribution in [0.1, 0.15) is 16.8 Å². The Balaban J connectivity index is 1.77. The molecule has 1 heterocycles. The molecule has 122 valence electrons. The second-order valence-corrected chi connectivity index (χ2v) is 6.73. The SMILES string of the molecule is Cc1cc(Oc2ccccc2Cl)nc(SCc2ccccc2C)n1. The fourth-order valence-electron chi connectivity index (χ4n) is 2.18. The molecule has 0 radical (unpaired) electrons. The number of nitrogens with zero attached hydrogens (tertiary/aromatic N) is 2. The quantitative estimate of drug-likeness (QED) is 0.425. The summed E-state index contributed by atoms with van der Waals surface area (Å²) in [5.41, 5.74) is 3.41. The number of aryl methyl sites for hydroxylation is 2. The van der Waals surface area contributed by atoms with Gasteiger partial charge in [-0.25, -0.2) is 4.98 Å². The number of hydrogen-bond donors (Lipinski definition) is 0. The van der Waals surface area contributed by atoms with Gasteiger partial charge in [-0.05, 0) is 37.1 Å². The zero-order chi connectivity index (χ0) is 16.9. The smallest absolute Gasteiger partial charge is 0.223 e. The molecule has 0 saturated heterocycles. The van der Waals surface area contributed by atoms with E-state index in [9.17, 15) is 0 Å². The van der Waals surface area contributed by atoms with Crippen molar-refractivity contribution in [3.63, 3.8) is 0 Å². The molecule has 0 aliphatic rings. The lowest BCUT2D eigenvalue weighted by Crippen LogP contribution is -1.96. The van der Waals surface area contributed by atoms with Crippen molar-refractivity contribution >= 4 is 23.4 Å². The fourth-order valence-corrected chi connectivity index (χ4v) is 3.33. The lowest BCUT2D eigenvalue weighted by Gasteiger charge is -2.09. The van der Waals surface area contributed by atoms with Gasteiger partial charge in [0.15, 0.2) is 5.16 Å². The highest BCUT2D eigenvalue weighted by molar-refractivity contribution is 7.98. The fraction of sp³-hybridized carbons (Fsp3) is 0.158. The van der Waals surface area contributed by atoms with E-state index in [1.54, 1.807) is 23.9 Å². The predicted octanol–water partition coefficient (Wildman–Crippen LogP) is 5.83. The molecule has 0 fully saturated rings. The minimum Gasteiger partial charge on any atom is -0.437 e. The number of hydrogen-bond acceptors (Lipinski definition) is 4. The molecule has 2 aromatic carbocycles. The third-order valence-corrected chi connectivity index (χ3v) is 4.69. The number of aromatic nitrogens is 2. The van der Waals surface area contributed by atoms with Crippen LogP contribution in [0.5, 0.6) is 11.6 Å². The first-order valence-corrected chi connectivity index (χ1v) is 8.93. The topological polar surface area (TPSA) is 35.0 Å². The molecule has 0 aliphatic heterocycles. The van der Waals surface area contributed by atoms with E-state index < -0.39 is 0 Å². The molecule has 3 rings (SSSR count). The van der Waals surface area contributed by atoms with Crippen molar-refractivity contribution in [2.45, 2.75) is 24.8 Å². The van der Waals surface area contributed by atoms with Gasteiger partial charge in [-0.1, -0.05) is 59.8 Å². The molecule has 0 bridgehead atoms. The molecule has 0 atom stereocenters. The van der Waals surface area contributed by atoms with Crippen molar-refractivity contribution < 1.29 is 4.74 Å². The average Bonchev–Trinajstić information content (AvgIpc) is 2.56. The van der Waals surface area contributed by atoms with E-state index in [2.05, 4.69) is 29.0 Å². The summed E-state index contributed by atoms with van der Waals surface area (Å²) in [5, 5.41) is 1.25. The number of benzene rings is 2. The highest BCUT2D eigenvalue weighted by Gasteiger charge is 2.08. The summed E-state index contributed by atoms with van der Waals surface area (Å²) in [6.45, 7) is 4.04.